The summed E-state index contributed by atoms with van der Waals surface area (Å²) in [7, 11) is 0. The maximum absolute atomic E-state index is 6.62. The lowest BCUT2D eigenvalue weighted by Crippen LogP contribution is -2.26. The molecule has 0 atom stereocenters. The van der Waals surface area contributed by atoms with Gasteiger partial charge in [-0.1, -0.05) is 128 Å². The summed E-state index contributed by atoms with van der Waals surface area (Å²) in [5.74, 6) is 3.35. The van der Waals surface area contributed by atoms with E-state index < -0.39 is 5.41 Å². The quantitative estimate of drug-likeness (QED) is 0.0764. The molecule has 0 bridgehead atoms. The first-order valence-electron chi connectivity index (χ1n) is 19.3. The molecule has 0 aliphatic heterocycles. The molecule has 0 saturated carbocycles. The zero-order chi connectivity index (χ0) is 34.1. The Morgan fingerprint density at radius 2 is 0.694 bits per heavy atom. The van der Waals surface area contributed by atoms with E-state index >= 15 is 0 Å². The fraction of sp³-hybridized carbons (Fsp3) is 0.467. The number of benzene rings is 4. The van der Waals surface area contributed by atoms with Gasteiger partial charge in [-0.05, 0) is 94.5 Å². The van der Waals surface area contributed by atoms with Gasteiger partial charge < -0.3 is 18.9 Å². The molecule has 0 amide bonds. The summed E-state index contributed by atoms with van der Waals surface area (Å²) in [6.07, 6.45) is 13.3. The summed E-state index contributed by atoms with van der Waals surface area (Å²) in [6.45, 7) is 11.6. The van der Waals surface area contributed by atoms with Gasteiger partial charge >= 0.3 is 0 Å². The highest BCUT2D eigenvalue weighted by molar-refractivity contribution is 5.96. The molecule has 49 heavy (non-hydrogen) atoms. The first kappa shape index (κ1) is 34.9. The Morgan fingerprint density at radius 3 is 1.04 bits per heavy atom. The third-order valence-electron chi connectivity index (χ3n) is 10.2. The van der Waals surface area contributed by atoms with E-state index in [9.17, 15) is 0 Å². The van der Waals surface area contributed by atoms with Crippen molar-refractivity contribution in [3.05, 3.63) is 95.1 Å². The van der Waals surface area contributed by atoms with Crippen LogP contribution in [0.2, 0.25) is 0 Å². The molecule has 0 radical (unpaired) electrons. The third-order valence-corrected chi connectivity index (χ3v) is 10.2. The van der Waals surface area contributed by atoms with Gasteiger partial charge in [0.2, 0.25) is 0 Å². The van der Waals surface area contributed by atoms with Crippen LogP contribution in [-0.4, -0.2) is 26.4 Å². The van der Waals surface area contributed by atoms with Crippen LogP contribution in [0.4, 0.5) is 0 Å². The number of hydrogen-bond donors (Lipinski definition) is 0. The normalized spacial score (nSPS) is 13.1. The minimum Gasteiger partial charge on any atom is -0.490 e. The Labute approximate surface area is 295 Å². The summed E-state index contributed by atoms with van der Waals surface area (Å²) < 4.78 is 26.4. The fourth-order valence-corrected chi connectivity index (χ4v) is 7.73. The van der Waals surface area contributed by atoms with Gasteiger partial charge in [0.05, 0.1) is 31.8 Å². The molecule has 0 unspecified atom stereocenters. The molecule has 0 heterocycles. The number of ether oxygens (including phenoxy) is 4. The van der Waals surface area contributed by atoms with Crippen molar-refractivity contribution >= 4 is 0 Å². The molecule has 4 aromatic carbocycles. The van der Waals surface area contributed by atoms with Crippen molar-refractivity contribution in [3.63, 3.8) is 0 Å². The molecule has 0 N–H and O–H groups in total. The molecule has 4 aromatic rings. The van der Waals surface area contributed by atoms with Gasteiger partial charge in [0, 0.05) is 0 Å². The van der Waals surface area contributed by atoms with Gasteiger partial charge in [-0.3, -0.25) is 0 Å². The number of unbranched alkanes of at least 4 members (excludes halogenated alkanes) is 8. The van der Waals surface area contributed by atoms with Crippen LogP contribution in [0.15, 0.2) is 72.8 Å². The minimum atomic E-state index is -0.512. The topological polar surface area (TPSA) is 36.9 Å². The zero-order valence-electron chi connectivity index (χ0n) is 30.4. The molecule has 0 aromatic heterocycles. The van der Waals surface area contributed by atoms with Crippen LogP contribution < -0.4 is 18.9 Å². The van der Waals surface area contributed by atoms with E-state index in [0.717, 1.165) is 100 Å². The monoisotopic (exact) mass is 660 g/mol. The SMILES string of the molecule is CCCCCOc1cc2c(cc1OCCCCC)C1(c3ccccc3-c3ccccc31)c1cc(OCCCCC)c(OCCCCC)cc1-2. The number of hydrogen-bond acceptors (Lipinski definition) is 4. The molecule has 6 rings (SSSR count). The first-order valence-corrected chi connectivity index (χ1v) is 19.3. The minimum absolute atomic E-state index is 0.512. The summed E-state index contributed by atoms with van der Waals surface area (Å²) >= 11 is 0. The summed E-state index contributed by atoms with van der Waals surface area (Å²) in [5.41, 5.74) is 9.52. The van der Waals surface area contributed by atoms with Crippen LogP contribution in [0, 0.1) is 0 Å². The van der Waals surface area contributed by atoms with Crippen LogP contribution in [0.3, 0.4) is 0 Å². The Morgan fingerprint density at radius 1 is 0.367 bits per heavy atom. The molecule has 0 saturated heterocycles. The molecule has 1 spiro atoms. The van der Waals surface area contributed by atoms with Gasteiger partial charge in [0.15, 0.2) is 23.0 Å². The standard InChI is InChI=1S/C45H56O4/c1-5-9-17-25-46-41-29-35-36-30-42(47-26-18-10-6-2)44(49-28-20-12-8-4)32-40(36)45(39(35)31-43(41)48-27-19-11-7-3)37-23-15-13-21-33(37)34-22-14-16-24-38(34)45/h13-16,21-24,29-32H,5-12,17-20,25-28H2,1-4H3. The summed E-state index contributed by atoms with van der Waals surface area (Å²) in [6, 6.07) is 27.0. The Kier molecular flexibility index (Phi) is 11.9. The van der Waals surface area contributed by atoms with Crippen LogP contribution in [0.5, 0.6) is 23.0 Å². The van der Waals surface area contributed by atoms with Crippen molar-refractivity contribution in [2.24, 2.45) is 0 Å². The highest BCUT2D eigenvalue weighted by atomic mass is 16.5. The summed E-state index contributed by atoms with van der Waals surface area (Å²) in [5, 5.41) is 0. The van der Waals surface area contributed by atoms with Crippen molar-refractivity contribution in [1.29, 1.82) is 0 Å². The van der Waals surface area contributed by atoms with E-state index in [2.05, 4.69) is 100 Å². The van der Waals surface area contributed by atoms with E-state index in [-0.39, 0.29) is 0 Å². The van der Waals surface area contributed by atoms with Gasteiger partial charge in [0.1, 0.15) is 0 Å². The van der Waals surface area contributed by atoms with Gasteiger partial charge in [-0.2, -0.15) is 0 Å². The van der Waals surface area contributed by atoms with Crippen molar-refractivity contribution in [2.75, 3.05) is 26.4 Å². The first-order chi connectivity index (χ1) is 24.2. The second kappa shape index (κ2) is 16.7. The molecule has 4 heteroatoms. The lowest BCUT2D eigenvalue weighted by Gasteiger charge is -2.31. The molecule has 4 nitrogen and oxygen atoms in total. The number of rotatable bonds is 20. The van der Waals surface area contributed by atoms with E-state index in [4.69, 9.17) is 18.9 Å². The maximum Gasteiger partial charge on any atom is 0.161 e. The molecular weight excluding hydrogens is 604 g/mol. The highest BCUT2D eigenvalue weighted by Crippen LogP contribution is 2.65. The van der Waals surface area contributed by atoms with Crippen LogP contribution >= 0.6 is 0 Å². The predicted octanol–water partition coefficient (Wildman–Crippen LogP) is 12.3. The van der Waals surface area contributed by atoms with Gasteiger partial charge in [-0.25, -0.2) is 0 Å². The Bertz CT molecular complexity index is 1560. The predicted molar refractivity (Wildman–Crippen MR) is 203 cm³/mol. The molecule has 2 aliphatic rings. The van der Waals surface area contributed by atoms with Crippen LogP contribution in [0.1, 0.15) is 127 Å². The van der Waals surface area contributed by atoms with E-state index in [1.165, 1.54) is 44.5 Å². The fourth-order valence-electron chi connectivity index (χ4n) is 7.73. The lowest BCUT2D eigenvalue weighted by molar-refractivity contribution is 0.259. The largest absolute Gasteiger partial charge is 0.490 e. The molecule has 2 aliphatic carbocycles. The van der Waals surface area contributed by atoms with Crippen molar-refractivity contribution in [1.82, 2.24) is 0 Å². The van der Waals surface area contributed by atoms with Crippen molar-refractivity contribution in [2.45, 2.75) is 110 Å². The van der Waals surface area contributed by atoms with Crippen LogP contribution in [0.25, 0.3) is 22.3 Å². The average molecular weight is 661 g/mol. The van der Waals surface area contributed by atoms with Crippen molar-refractivity contribution < 1.29 is 18.9 Å². The molecular formula is C45H56O4. The lowest BCUT2D eigenvalue weighted by atomic mass is 9.70. The zero-order valence-corrected chi connectivity index (χ0v) is 30.4. The second-order valence-electron chi connectivity index (χ2n) is 13.8. The molecule has 0 fully saturated rings. The average Bonchev–Trinajstić information content (AvgIpc) is 3.58. The van der Waals surface area contributed by atoms with E-state index in [1.54, 1.807) is 0 Å². The maximum atomic E-state index is 6.62. The van der Waals surface area contributed by atoms with E-state index in [1.807, 2.05) is 0 Å². The smallest absolute Gasteiger partial charge is 0.161 e. The molecule has 260 valence electrons. The Hall–Kier alpha value is -3.92. The van der Waals surface area contributed by atoms with Gasteiger partial charge in [0.25, 0.3) is 0 Å². The summed E-state index contributed by atoms with van der Waals surface area (Å²) in [4.78, 5) is 0. The van der Waals surface area contributed by atoms with Crippen molar-refractivity contribution in [3.8, 4) is 45.3 Å². The second-order valence-corrected chi connectivity index (χ2v) is 13.8. The van der Waals surface area contributed by atoms with Gasteiger partial charge in [-0.15, -0.1) is 0 Å². The Balaban J connectivity index is 1.56. The van der Waals surface area contributed by atoms with E-state index in [0.29, 0.717) is 26.4 Å². The van der Waals surface area contributed by atoms with Crippen LogP contribution in [-0.2, 0) is 5.41 Å². The third kappa shape index (κ3) is 6.94. The highest BCUT2D eigenvalue weighted by Gasteiger charge is 2.52. The number of fused-ring (bicyclic) bond motifs is 10.